The van der Waals surface area contributed by atoms with Crippen LogP contribution in [0.3, 0.4) is 0 Å². The molecule has 0 aromatic carbocycles. The summed E-state index contributed by atoms with van der Waals surface area (Å²) in [5, 5.41) is 3.29. The monoisotopic (exact) mass is 283 g/mol. The number of rotatable bonds is 3. The standard InChI is InChI=1S/C13H21N3O2S/c1-13(2)5-10(14-3)9-7-15-12(8-19(4,17)18)16-11(9)6-13/h7,10,14H,5-6,8H2,1-4H3. The fraction of sp³-hybridized carbons (Fsp3) is 0.692. The largest absolute Gasteiger partial charge is 0.313 e. The lowest BCUT2D eigenvalue weighted by molar-refractivity contribution is 0.260. The number of nitrogens with one attached hydrogen (secondary N) is 1. The van der Waals surface area contributed by atoms with E-state index in [0.717, 1.165) is 24.1 Å². The van der Waals surface area contributed by atoms with Gasteiger partial charge in [-0.1, -0.05) is 13.8 Å². The van der Waals surface area contributed by atoms with Crippen LogP contribution in [0.2, 0.25) is 0 Å². The van der Waals surface area contributed by atoms with Gasteiger partial charge in [-0.2, -0.15) is 0 Å². The molecule has 0 spiro atoms. The molecule has 19 heavy (non-hydrogen) atoms. The summed E-state index contributed by atoms with van der Waals surface area (Å²) in [7, 11) is -1.16. The summed E-state index contributed by atoms with van der Waals surface area (Å²) < 4.78 is 22.6. The fourth-order valence-corrected chi connectivity index (χ4v) is 3.26. The first-order chi connectivity index (χ1) is 8.70. The molecule has 106 valence electrons. The smallest absolute Gasteiger partial charge is 0.154 e. The second-order valence-electron chi connectivity index (χ2n) is 6.14. The molecule has 0 radical (unpaired) electrons. The molecule has 1 aliphatic rings. The van der Waals surface area contributed by atoms with Crippen molar-refractivity contribution in [3.63, 3.8) is 0 Å². The molecule has 1 aromatic rings. The van der Waals surface area contributed by atoms with Crippen molar-refractivity contribution < 1.29 is 8.42 Å². The molecule has 0 saturated carbocycles. The van der Waals surface area contributed by atoms with E-state index in [0.29, 0.717) is 5.82 Å². The van der Waals surface area contributed by atoms with Crippen LogP contribution in [0.4, 0.5) is 0 Å². The lowest BCUT2D eigenvalue weighted by atomic mass is 9.74. The number of fused-ring (bicyclic) bond motifs is 1. The minimum Gasteiger partial charge on any atom is -0.313 e. The summed E-state index contributed by atoms with van der Waals surface area (Å²) in [5.41, 5.74) is 2.24. The van der Waals surface area contributed by atoms with Crippen molar-refractivity contribution in [1.82, 2.24) is 15.3 Å². The third-order valence-corrected chi connectivity index (χ3v) is 4.25. The minimum atomic E-state index is -3.09. The number of hydrogen-bond acceptors (Lipinski definition) is 5. The van der Waals surface area contributed by atoms with E-state index in [1.165, 1.54) is 6.26 Å². The molecule has 5 nitrogen and oxygen atoms in total. The predicted molar refractivity (Wildman–Crippen MR) is 74.5 cm³/mol. The Labute approximate surface area is 114 Å². The van der Waals surface area contributed by atoms with Gasteiger partial charge in [0.1, 0.15) is 11.6 Å². The number of nitrogens with zero attached hydrogens (tertiary/aromatic N) is 2. The maximum absolute atomic E-state index is 11.3. The highest BCUT2D eigenvalue weighted by Crippen LogP contribution is 2.39. The van der Waals surface area contributed by atoms with E-state index in [1.54, 1.807) is 6.20 Å². The zero-order valence-electron chi connectivity index (χ0n) is 11.9. The molecule has 1 heterocycles. The maximum atomic E-state index is 11.3. The molecule has 0 bridgehead atoms. The summed E-state index contributed by atoms with van der Waals surface area (Å²) >= 11 is 0. The van der Waals surface area contributed by atoms with Gasteiger partial charge in [0.25, 0.3) is 0 Å². The lowest BCUT2D eigenvalue weighted by Gasteiger charge is -2.36. The average molecular weight is 283 g/mol. The van der Waals surface area contributed by atoms with Crippen LogP contribution in [0.15, 0.2) is 6.20 Å². The van der Waals surface area contributed by atoms with Gasteiger partial charge in [-0.05, 0) is 25.3 Å². The van der Waals surface area contributed by atoms with Crippen LogP contribution in [0.25, 0.3) is 0 Å². The Bertz CT molecular complexity index is 582. The third-order valence-electron chi connectivity index (χ3n) is 3.47. The van der Waals surface area contributed by atoms with Crippen molar-refractivity contribution in [2.75, 3.05) is 13.3 Å². The molecule has 2 rings (SSSR count). The summed E-state index contributed by atoms with van der Waals surface area (Å²) in [6.45, 7) is 4.41. The Balaban J connectivity index is 2.39. The van der Waals surface area contributed by atoms with Crippen LogP contribution < -0.4 is 5.32 Å². The summed E-state index contributed by atoms with van der Waals surface area (Å²) in [4.78, 5) is 8.66. The van der Waals surface area contributed by atoms with E-state index >= 15 is 0 Å². The van der Waals surface area contributed by atoms with Gasteiger partial charge >= 0.3 is 0 Å². The van der Waals surface area contributed by atoms with E-state index < -0.39 is 9.84 Å². The zero-order chi connectivity index (χ0) is 14.3. The van der Waals surface area contributed by atoms with Crippen molar-refractivity contribution in [2.45, 2.75) is 38.5 Å². The topological polar surface area (TPSA) is 72.0 Å². The molecule has 1 N–H and O–H groups in total. The molecule has 1 atom stereocenters. The molecule has 1 aromatic heterocycles. The first-order valence-electron chi connectivity index (χ1n) is 6.40. The van der Waals surface area contributed by atoms with Crippen LogP contribution in [0, 0.1) is 5.41 Å². The van der Waals surface area contributed by atoms with Crippen LogP contribution >= 0.6 is 0 Å². The van der Waals surface area contributed by atoms with E-state index in [4.69, 9.17) is 0 Å². The molecular formula is C13H21N3O2S. The third kappa shape index (κ3) is 3.51. The van der Waals surface area contributed by atoms with Crippen molar-refractivity contribution in [3.05, 3.63) is 23.3 Å². The van der Waals surface area contributed by atoms with Gasteiger partial charge in [-0.3, -0.25) is 0 Å². The summed E-state index contributed by atoms with van der Waals surface area (Å²) in [6.07, 6.45) is 4.88. The van der Waals surface area contributed by atoms with Crippen molar-refractivity contribution in [2.24, 2.45) is 5.41 Å². The van der Waals surface area contributed by atoms with Crippen LogP contribution in [0.1, 0.15) is 43.4 Å². The van der Waals surface area contributed by atoms with Gasteiger partial charge in [0.2, 0.25) is 0 Å². The average Bonchev–Trinajstić information content (AvgIpc) is 2.23. The van der Waals surface area contributed by atoms with Gasteiger partial charge in [0.15, 0.2) is 9.84 Å². The van der Waals surface area contributed by atoms with E-state index in [9.17, 15) is 8.42 Å². The van der Waals surface area contributed by atoms with Crippen LogP contribution in [-0.2, 0) is 22.0 Å². The highest BCUT2D eigenvalue weighted by Gasteiger charge is 2.32. The summed E-state index contributed by atoms with van der Waals surface area (Å²) in [6, 6.07) is 0.242. The molecule has 0 saturated heterocycles. The van der Waals surface area contributed by atoms with Gasteiger partial charge in [-0.25, -0.2) is 18.4 Å². The molecular weight excluding hydrogens is 262 g/mol. The number of aromatic nitrogens is 2. The Morgan fingerprint density at radius 3 is 2.74 bits per heavy atom. The Kier molecular flexibility index (Phi) is 3.66. The Morgan fingerprint density at radius 2 is 2.16 bits per heavy atom. The SMILES string of the molecule is CNC1CC(C)(C)Cc2nc(CS(C)(=O)=O)ncc21. The van der Waals surface area contributed by atoms with Crippen LogP contribution in [-0.4, -0.2) is 31.7 Å². The fourth-order valence-electron chi connectivity index (χ4n) is 2.65. The highest BCUT2D eigenvalue weighted by molar-refractivity contribution is 7.89. The molecule has 1 unspecified atom stereocenters. The molecule has 1 aliphatic carbocycles. The number of hydrogen-bond donors (Lipinski definition) is 1. The molecule has 0 fully saturated rings. The van der Waals surface area contributed by atoms with Crippen molar-refractivity contribution in [1.29, 1.82) is 0 Å². The first-order valence-corrected chi connectivity index (χ1v) is 8.46. The summed E-state index contributed by atoms with van der Waals surface area (Å²) in [5.74, 6) is 0.305. The molecule has 0 amide bonds. The Hall–Kier alpha value is -1.01. The first kappa shape index (κ1) is 14.4. The number of sulfone groups is 1. The van der Waals surface area contributed by atoms with E-state index in [2.05, 4.69) is 29.1 Å². The van der Waals surface area contributed by atoms with Gasteiger partial charge < -0.3 is 5.32 Å². The molecule has 6 heteroatoms. The van der Waals surface area contributed by atoms with Crippen molar-refractivity contribution in [3.8, 4) is 0 Å². The van der Waals surface area contributed by atoms with Crippen molar-refractivity contribution >= 4 is 9.84 Å². The van der Waals surface area contributed by atoms with Crippen LogP contribution in [0.5, 0.6) is 0 Å². The second kappa shape index (κ2) is 4.83. The molecule has 0 aliphatic heterocycles. The highest BCUT2D eigenvalue weighted by atomic mass is 32.2. The maximum Gasteiger partial charge on any atom is 0.154 e. The zero-order valence-corrected chi connectivity index (χ0v) is 12.7. The van der Waals surface area contributed by atoms with Gasteiger partial charge in [0, 0.05) is 29.8 Å². The lowest BCUT2D eigenvalue weighted by Crippen LogP contribution is -2.33. The normalized spacial score (nSPS) is 22.0. The van der Waals surface area contributed by atoms with Gasteiger partial charge in [0.05, 0.1) is 0 Å². The van der Waals surface area contributed by atoms with E-state index in [-0.39, 0.29) is 17.2 Å². The predicted octanol–water partition coefficient (Wildman–Crippen LogP) is 1.25. The Morgan fingerprint density at radius 1 is 1.47 bits per heavy atom. The quantitative estimate of drug-likeness (QED) is 0.904. The minimum absolute atomic E-state index is 0.0923. The second-order valence-corrected chi connectivity index (χ2v) is 8.28. The van der Waals surface area contributed by atoms with E-state index in [1.807, 2.05) is 7.05 Å². The van der Waals surface area contributed by atoms with Gasteiger partial charge in [-0.15, -0.1) is 0 Å².